The highest BCUT2D eigenvalue weighted by atomic mass is 16.1. The van der Waals surface area contributed by atoms with Gasteiger partial charge in [0.05, 0.1) is 0 Å². The number of pyridine rings is 1. The number of aromatic nitrogens is 1. The van der Waals surface area contributed by atoms with Crippen LogP contribution in [-0.4, -0.2) is 10.8 Å². The largest absolute Gasteiger partial charge is 0.294 e. The summed E-state index contributed by atoms with van der Waals surface area (Å²) in [6.07, 6.45) is 3.27. The van der Waals surface area contributed by atoms with Crippen LogP contribution in [0.15, 0.2) is 24.5 Å². The van der Waals surface area contributed by atoms with Gasteiger partial charge >= 0.3 is 0 Å². The molecule has 0 spiro atoms. The molecule has 0 fully saturated rings. The third-order valence-electron chi connectivity index (χ3n) is 1.49. The second kappa shape index (κ2) is 6.35. The number of ketones is 1. The molecule has 0 aliphatic heterocycles. The van der Waals surface area contributed by atoms with Crippen LogP contribution in [0.3, 0.4) is 0 Å². The highest BCUT2D eigenvalue weighted by Gasteiger charge is 2.08. The molecule has 0 aliphatic rings. The summed E-state index contributed by atoms with van der Waals surface area (Å²) in [7, 11) is 0. The lowest BCUT2D eigenvalue weighted by Crippen LogP contribution is -2.06. The van der Waals surface area contributed by atoms with Crippen molar-refractivity contribution in [3.05, 3.63) is 30.1 Å². The molecule has 0 N–H and O–H groups in total. The van der Waals surface area contributed by atoms with Gasteiger partial charge in [-0.15, -0.1) is 0 Å². The number of carbonyl (C=O) groups is 1. The smallest absolute Gasteiger partial charge is 0.165 e. The normalized spacial score (nSPS) is 9.00. The number of rotatable bonds is 2. The van der Waals surface area contributed by atoms with E-state index >= 15 is 0 Å². The van der Waals surface area contributed by atoms with Gasteiger partial charge in [0.1, 0.15) is 0 Å². The van der Waals surface area contributed by atoms with Crippen molar-refractivity contribution in [2.45, 2.75) is 27.7 Å². The minimum absolute atomic E-state index is 0.0670. The second-order valence-corrected chi connectivity index (χ2v) is 2.75. The fraction of sp³-hybridized carbons (Fsp3) is 0.455. The summed E-state index contributed by atoms with van der Waals surface area (Å²) in [5.74, 6) is 0.241. The standard InChI is InChI=1S/C9H11NO.C2H6/c1-7(2)9(11)8-3-5-10-6-4-8;1-2/h3-7H,1-2H3;1-2H3. The van der Waals surface area contributed by atoms with Gasteiger partial charge < -0.3 is 0 Å². The maximum absolute atomic E-state index is 11.3. The van der Waals surface area contributed by atoms with E-state index in [1.807, 2.05) is 27.7 Å². The van der Waals surface area contributed by atoms with E-state index in [9.17, 15) is 4.79 Å². The Morgan fingerprint density at radius 1 is 1.23 bits per heavy atom. The van der Waals surface area contributed by atoms with Gasteiger partial charge in [-0.05, 0) is 12.1 Å². The van der Waals surface area contributed by atoms with Crippen molar-refractivity contribution in [2.75, 3.05) is 0 Å². The molecule has 1 heterocycles. The summed E-state index contributed by atoms with van der Waals surface area (Å²) in [6.45, 7) is 7.78. The number of Topliss-reactive ketones (excluding diaryl/α,β-unsaturated/α-hetero) is 1. The van der Waals surface area contributed by atoms with Crippen molar-refractivity contribution in [3.8, 4) is 0 Å². The van der Waals surface area contributed by atoms with Crippen molar-refractivity contribution < 1.29 is 4.79 Å². The molecule has 0 saturated heterocycles. The molecule has 72 valence electrons. The highest BCUT2D eigenvalue weighted by Crippen LogP contribution is 2.05. The lowest BCUT2D eigenvalue weighted by Gasteiger charge is -2.01. The Kier molecular flexibility index (Phi) is 5.77. The monoisotopic (exact) mass is 179 g/mol. The molecule has 1 rings (SSSR count). The van der Waals surface area contributed by atoms with Crippen LogP contribution in [0.4, 0.5) is 0 Å². The van der Waals surface area contributed by atoms with Crippen LogP contribution in [-0.2, 0) is 0 Å². The van der Waals surface area contributed by atoms with E-state index in [0.717, 1.165) is 5.56 Å². The van der Waals surface area contributed by atoms with Gasteiger partial charge in [-0.3, -0.25) is 9.78 Å². The van der Waals surface area contributed by atoms with Gasteiger partial charge in [-0.25, -0.2) is 0 Å². The van der Waals surface area contributed by atoms with Gasteiger partial charge in [0.15, 0.2) is 5.78 Å². The molecule has 1 aromatic rings. The summed E-state index contributed by atoms with van der Waals surface area (Å²) in [4.78, 5) is 15.2. The number of hydrogen-bond donors (Lipinski definition) is 0. The molecule has 0 unspecified atom stereocenters. The molecule has 0 bridgehead atoms. The first-order valence-electron chi connectivity index (χ1n) is 4.66. The zero-order valence-electron chi connectivity index (χ0n) is 8.74. The van der Waals surface area contributed by atoms with Gasteiger partial charge in [-0.2, -0.15) is 0 Å². The zero-order valence-corrected chi connectivity index (χ0v) is 8.74. The minimum Gasteiger partial charge on any atom is -0.294 e. The van der Waals surface area contributed by atoms with E-state index in [-0.39, 0.29) is 11.7 Å². The van der Waals surface area contributed by atoms with Crippen molar-refractivity contribution in [3.63, 3.8) is 0 Å². The Bertz CT molecular complexity index is 242. The van der Waals surface area contributed by atoms with Gasteiger partial charge in [0.25, 0.3) is 0 Å². The number of hydrogen-bond acceptors (Lipinski definition) is 2. The van der Waals surface area contributed by atoms with Crippen LogP contribution in [0.1, 0.15) is 38.1 Å². The quantitative estimate of drug-likeness (QED) is 0.653. The van der Waals surface area contributed by atoms with Crippen LogP contribution < -0.4 is 0 Å². The summed E-state index contributed by atoms with van der Waals surface area (Å²) >= 11 is 0. The molecule has 0 radical (unpaired) electrons. The first-order valence-corrected chi connectivity index (χ1v) is 4.66. The topological polar surface area (TPSA) is 30.0 Å². The third-order valence-corrected chi connectivity index (χ3v) is 1.49. The highest BCUT2D eigenvalue weighted by molar-refractivity contribution is 5.97. The van der Waals surface area contributed by atoms with Crippen LogP contribution in [0.25, 0.3) is 0 Å². The first kappa shape index (κ1) is 11.8. The molecule has 0 amide bonds. The Morgan fingerprint density at radius 3 is 2.08 bits per heavy atom. The lowest BCUT2D eigenvalue weighted by molar-refractivity contribution is 0.0939. The van der Waals surface area contributed by atoms with E-state index in [1.165, 1.54) is 0 Å². The fourth-order valence-corrected chi connectivity index (χ4v) is 0.850. The zero-order chi connectivity index (χ0) is 10.3. The molecule has 2 heteroatoms. The minimum atomic E-state index is 0.0670. The number of carbonyl (C=O) groups excluding carboxylic acids is 1. The lowest BCUT2D eigenvalue weighted by atomic mass is 10.0. The molecular weight excluding hydrogens is 162 g/mol. The molecule has 0 aromatic carbocycles. The molecule has 0 saturated carbocycles. The van der Waals surface area contributed by atoms with Crippen LogP contribution in [0.5, 0.6) is 0 Å². The summed E-state index contributed by atoms with van der Waals surface area (Å²) in [6, 6.07) is 3.48. The average Bonchev–Trinajstić information content (AvgIpc) is 2.21. The van der Waals surface area contributed by atoms with Crippen molar-refractivity contribution in [1.82, 2.24) is 4.98 Å². The molecule has 1 aromatic heterocycles. The van der Waals surface area contributed by atoms with Crippen LogP contribution in [0.2, 0.25) is 0 Å². The van der Waals surface area contributed by atoms with E-state index in [4.69, 9.17) is 0 Å². The predicted octanol–water partition coefficient (Wildman–Crippen LogP) is 2.95. The summed E-state index contributed by atoms with van der Waals surface area (Å²) < 4.78 is 0. The second-order valence-electron chi connectivity index (χ2n) is 2.75. The predicted molar refractivity (Wildman–Crippen MR) is 54.8 cm³/mol. The molecule has 13 heavy (non-hydrogen) atoms. The number of nitrogens with zero attached hydrogens (tertiary/aromatic N) is 1. The average molecular weight is 179 g/mol. The molecule has 0 aliphatic carbocycles. The fourth-order valence-electron chi connectivity index (χ4n) is 0.850. The van der Waals surface area contributed by atoms with E-state index in [2.05, 4.69) is 4.98 Å². The molecule has 0 atom stereocenters. The van der Waals surface area contributed by atoms with Crippen molar-refractivity contribution in [1.29, 1.82) is 0 Å². The summed E-state index contributed by atoms with van der Waals surface area (Å²) in [5.41, 5.74) is 0.745. The Balaban J connectivity index is 0.000000671. The maximum Gasteiger partial charge on any atom is 0.165 e. The van der Waals surface area contributed by atoms with E-state index < -0.39 is 0 Å². The Hall–Kier alpha value is -1.18. The van der Waals surface area contributed by atoms with Crippen molar-refractivity contribution >= 4 is 5.78 Å². The molecule has 2 nitrogen and oxygen atoms in total. The van der Waals surface area contributed by atoms with Crippen LogP contribution in [0, 0.1) is 5.92 Å². The first-order chi connectivity index (χ1) is 6.22. The van der Waals surface area contributed by atoms with E-state index in [1.54, 1.807) is 24.5 Å². The SMILES string of the molecule is CC.CC(C)C(=O)c1ccncc1. The van der Waals surface area contributed by atoms with Crippen LogP contribution >= 0.6 is 0 Å². The van der Waals surface area contributed by atoms with Gasteiger partial charge in [0.2, 0.25) is 0 Å². The Morgan fingerprint density at radius 2 is 1.69 bits per heavy atom. The third kappa shape index (κ3) is 3.83. The summed E-state index contributed by atoms with van der Waals surface area (Å²) in [5, 5.41) is 0. The maximum atomic E-state index is 11.3. The molecular formula is C11H17NO. The van der Waals surface area contributed by atoms with Gasteiger partial charge in [-0.1, -0.05) is 27.7 Å². The van der Waals surface area contributed by atoms with Crippen molar-refractivity contribution in [2.24, 2.45) is 5.92 Å². The van der Waals surface area contributed by atoms with E-state index in [0.29, 0.717) is 0 Å². The Labute approximate surface area is 80.0 Å². The van der Waals surface area contributed by atoms with Gasteiger partial charge in [0, 0.05) is 23.9 Å².